The summed E-state index contributed by atoms with van der Waals surface area (Å²) in [6, 6.07) is 6.61. The van der Waals surface area contributed by atoms with Crippen LogP contribution in [0, 0.1) is 5.92 Å². The molecule has 0 saturated heterocycles. The maximum atomic E-state index is 11.7. The van der Waals surface area contributed by atoms with E-state index in [1.165, 1.54) is 0 Å². The third kappa shape index (κ3) is 4.75. The maximum absolute atomic E-state index is 11.7. The smallest absolute Gasteiger partial charge is 0.229 e. The fraction of sp³-hybridized carbons (Fsp3) is 0.417. The summed E-state index contributed by atoms with van der Waals surface area (Å²) in [6.07, 6.45) is 1.84. The number of hydrogen-bond donors (Lipinski definition) is 2. The molecule has 1 aromatic carbocycles. The molecule has 0 saturated carbocycles. The molecule has 100 valence electrons. The van der Waals surface area contributed by atoms with Crippen LogP contribution < -0.4 is 10.0 Å². The molecule has 0 radical (unpaired) electrons. The van der Waals surface area contributed by atoms with Crippen molar-refractivity contribution in [3.8, 4) is 0 Å². The monoisotopic (exact) mass is 270 g/mol. The molecule has 0 aliphatic rings. The lowest BCUT2D eigenvalue weighted by atomic mass is 10.1. The van der Waals surface area contributed by atoms with Gasteiger partial charge in [-0.1, -0.05) is 19.9 Å². The number of carbonyl (C=O) groups is 1. The Bertz CT molecular complexity index is 526. The van der Waals surface area contributed by atoms with E-state index in [9.17, 15) is 13.2 Å². The van der Waals surface area contributed by atoms with Gasteiger partial charge in [-0.15, -0.1) is 0 Å². The van der Waals surface area contributed by atoms with E-state index in [2.05, 4.69) is 10.0 Å². The van der Waals surface area contributed by atoms with E-state index < -0.39 is 10.0 Å². The van der Waals surface area contributed by atoms with Gasteiger partial charge in [0, 0.05) is 11.6 Å². The van der Waals surface area contributed by atoms with E-state index >= 15 is 0 Å². The minimum atomic E-state index is -3.31. The lowest BCUT2D eigenvalue weighted by Crippen LogP contribution is -2.19. The molecule has 18 heavy (non-hydrogen) atoms. The van der Waals surface area contributed by atoms with Gasteiger partial charge in [-0.25, -0.2) is 8.42 Å². The number of amides is 1. The van der Waals surface area contributed by atoms with E-state index in [1.807, 2.05) is 13.8 Å². The Hall–Kier alpha value is -1.56. The molecule has 0 aliphatic carbocycles. The number of benzene rings is 1. The van der Waals surface area contributed by atoms with Crippen molar-refractivity contribution in [2.24, 2.45) is 5.92 Å². The van der Waals surface area contributed by atoms with Crippen LogP contribution in [0.3, 0.4) is 0 Å². The Balaban J connectivity index is 2.80. The van der Waals surface area contributed by atoms with Crippen molar-refractivity contribution in [3.63, 3.8) is 0 Å². The fourth-order valence-corrected chi connectivity index (χ4v) is 1.88. The van der Waals surface area contributed by atoms with Crippen LogP contribution in [0.1, 0.15) is 20.3 Å². The zero-order valence-electron chi connectivity index (χ0n) is 10.7. The summed E-state index contributed by atoms with van der Waals surface area (Å²) in [4.78, 5) is 11.7. The van der Waals surface area contributed by atoms with E-state index in [-0.39, 0.29) is 11.8 Å². The molecule has 2 N–H and O–H groups in total. The van der Waals surface area contributed by atoms with Crippen LogP contribution in [0.2, 0.25) is 0 Å². The van der Waals surface area contributed by atoms with Crippen molar-refractivity contribution in [2.75, 3.05) is 16.3 Å². The minimum Gasteiger partial charge on any atom is -0.326 e. The quantitative estimate of drug-likeness (QED) is 0.859. The van der Waals surface area contributed by atoms with Gasteiger partial charge >= 0.3 is 0 Å². The number of nitrogens with one attached hydrogen (secondary N) is 2. The number of carbonyl (C=O) groups excluding carboxylic acids is 1. The molecule has 1 aromatic rings. The van der Waals surface area contributed by atoms with Gasteiger partial charge in [-0.2, -0.15) is 0 Å². The summed E-state index contributed by atoms with van der Waals surface area (Å²) in [6.45, 7) is 3.78. The van der Waals surface area contributed by atoms with E-state index in [0.717, 1.165) is 12.7 Å². The zero-order chi connectivity index (χ0) is 13.8. The number of sulfonamides is 1. The predicted octanol–water partition coefficient (Wildman–Crippen LogP) is 2.04. The van der Waals surface area contributed by atoms with Gasteiger partial charge in [0.25, 0.3) is 0 Å². The highest BCUT2D eigenvalue weighted by Gasteiger charge is 2.10. The van der Waals surface area contributed by atoms with E-state index in [0.29, 0.717) is 11.4 Å². The van der Waals surface area contributed by atoms with Gasteiger partial charge < -0.3 is 5.32 Å². The summed E-state index contributed by atoms with van der Waals surface area (Å²) in [5.74, 6) is -0.148. The molecule has 6 heteroatoms. The second-order valence-electron chi connectivity index (χ2n) is 4.25. The fourth-order valence-electron chi connectivity index (χ4n) is 1.33. The SMILES string of the molecule is CC[C@@H](C)C(=O)Nc1cccc(NS(C)(=O)=O)c1. The van der Waals surface area contributed by atoms with Crippen LogP contribution in [0.4, 0.5) is 11.4 Å². The molecule has 1 amide bonds. The Labute approximate surface area is 108 Å². The lowest BCUT2D eigenvalue weighted by Gasteiger charge is -2.11. The number of hydrogen-bond acceptors (Lipinski definition) is 3. The average Bonchev–Trinajstić information content (AvgIpc) is 2.26. The van der Waals surface area contributed by atoms with Crippen LogP contribution in [0.15, 0.2) is 24.3 Å². The maximum Gasteiger partial charge on any atom is 0.229 e. The first-order chi connectivity index (χ1) is 8.31. The number of anilines is 2. The van der Waals surface area contributed by atoms with Crippen molar-refractivity contribution in [3.05, 3.63) is 24.3 Å². The van der Waals surface area contributed by atoms with Crippen LogP contribution >= 0.6 is 0 Å². The molecule has 0 unspecified atom stereocenters. The zero-order valence-corrected chi connectivity index (χ0v) is 11.5. The molecule has 0 bridgehead atoms. The van der Waals surface area contributed by atoms with Crippen molar-refractivity contribution in [1.82, 2.24) is 0 Å². The van der Waals surface area contributed by atoms with Gasteiger partial charge in [0.05, 0.1) is 11.9 Å². The molecule has 0 spiro atoms. The molecule has 0 heterocycles. The summed E-state index contributed by atoms with van der Waals surface area (Å²) in [7, 11) is -3.31. The molecular formula is C12H18N2O3S. The van der Waals surface area contributed by atoms with Gasteiger partial charge in [0.1, 0.15) is 0 Å². The Morgan fingerprint density at radius 2 is 1.94 bits per heavy atom. The molecule has 1 atom stereocenters. The van der Waals surface area contributed by atoms with Gasteiger partial charge in [0.15, 0.2) is 0 Å². The largest absolute Gasteiger partial charge is 0.326 e. The standard InChI is InChI=1S/C12H18N2O3S/c1-4-9(2)12(15)13-10-6-5-7-11(8-10)14-18(3,16)17/h5-9,14H,4H2,1-3H3,(H,13,15)/t9-/m1/s1. The third-order valence-corrected chi connectivity index (χ3v) is 3.10. The molecule has 5 nitrogen and oxygen atoms in total. The summed E-state index contributed by atoms with van der Waals surface area (Å²) >= 11 is 0. The van der Waals surface area contributed by atoms with Gasteiger partial charge in [0.2, 0.25) is 15.9 Å². The van der Waals surface area contributed by atoms with Crippen molar-refractivity contribution >= 4 is 27.3 Å². The minimum absolute atomic E-state index is 0.0727. The summed E-state index contributed by atoms with van der Waals surface area (Å²) < 4.78 is 24.5. The van der Waals surface area contributed by atoms with Crippen LogP contribution in [0.5, 0.6) is 0 Å². The molecule has 1 rings (SSSR count). The first-order valence-electron chi connectivity index (χ1n) is 5.70. The van der Waals surface area contributed by atoms with Gasteiger partial charge in [-0.05, 0) is 24.6 Å². The molecule has 0 fully saturated rings. The molecule has 0 aromatic heterocycles. The highest BCUT2D eigenvalue weighted by Crippen LogP contribution is 2.17. The highest BCUT2D eigenvalue weighted by molar-refractivity contribution is 7.92. The highest BCUT2D eigenvalue weighted by atomic mass is 32.2. The Morgan fingerprint density at radius 1 is 1.33 bits per heavy atom. The van der Waals surface area contributed by atoms with Crippen LogP contribution in [-0.4, -0.2) is 20.6 Å². The Morgan fingerprint density at radius 3 is 2.50 bits per heavy atom. The van der Waals surface area contributed by atoms with E-state index in [4.69, 9.17) is 0 Å². The first-order valence-corrected chi connectivity index (χ1v) is 7.59. The summed E-state index contributed by atoms with van der Waals surface area (Å²) in [5, 5.41) is 2.75. The lowest BCUT2D eigenvalue weighted by molar-refractivity contribution is -0.119. The van der Waals surface area contributed by atoms with Crippen LogP contribution in [-0.2, 0) is 14.8 Å². The third-order valence-electron chi connectivity index (χ3n) is 2.49. The first kappa shape index (κ1) is 14.5. The topological polar surface area (TPSA) is 75.3 Å². The van der Waals surface area contributed by atoms with Crippen molar-refractivity contribution in [2.45, 2.75) is 20.3 Å². The molecular weight excluding hydrogens is 252 g/mol. The normalized spacial score (nSPS) is 12.8. The second kappa shape index (κ2) is 5.86. The van der Waals surface area contributed by atoms with Crippen molar-refractivity contribution in [1.29, 1.82) is 0 Å². The average molecular weight is 270 g/mol. The predicted molar refractivity (Wildman–Crippen MR) is 73.0 cm³/mol. The number of rotatable bonds is 5. The van der Waals surface area contributed by atoms with Crippen molar-refractivity contribution < 1.29 is 13.2 Å². The van der Waals surface area contributed by atoms with E-state index in [1.54, 1.807) is 24.3 Å². The van der Waals surface area contributed by atoms with Gasteiger partial charge in [-0.3, -0.25) is 9.52 Å². The second-order valence-corrected chi connectivity index (χ2v) is 6.00. The van der Waals surface area contributed by atoms with Crippen LogP contribution in [0.25, 0.3) is 0 Å². The summed E-state index contributed by atoms with van der Waals surface area (Å²) in [5.41, 5.74) is 1.01. The molecule has 0 aliphatic heterocycles. The Kier molecular flexibility index (Phi) is 4.72.